The molecule has 2 aromatic carbocycles. The van der Waals surface area contributed by atoms with E-state index in [9.17, 15) is 18.4 Å². The van der Waals surface area contributed by atoms with Gasteiger partial charge in [-0.2, -0.15) is 0 Å². The fourth-order valence-electron chi connectivity index (χ4n) is 3.30. The van der Waals surface area contributed by atoms with E-state index in [0.717, 1.165) is 11.3 Å². The molecular weight excluding hydrogens is 392 g/mol. The standard InChI is InChI=1S/C20H12ClF2NO2S/c1-20(12-7-2-3-8-13(12)23)16(25)15-14(10-5-4-6-11(22)9-10)17(21)27-18(15)24-19(20)26/h2-9H,1H3,(H,24,26). The van der Waals surface area contributed by atoms with E-state index in [2.05, 4.69) is 5.32 Å². The third kappa shape index (κ3) is 2.59. The van der Waals surface area contributed by atoms with Gasteiger partial charge in [0.2, 0.25) is 5.91 Å². The van der Waals surface area contributed by atoms with E-state index in [1.165, 1.54) is 43.3 Å². The highest BCUT2D eigenvalue weighted by atomic mass is 35.5. The molecule has 0 fully saturated rings. The number of hydrogen-bond donors (Lipinski definition) is 1. The van der Waals surface area contributed by atoms with Crippen LogP contribution in [0.2, 0.25) is 4.34 Å². The van der Waals surface area contributed by atoms with Gasteiger partial charge in [0.1, 0.15) is 26.4 Å². The lowest BCUT2D eigenvalue weighted by Crippen LogP contribution is -2.48. The largest absolute Gasteiger partial charge is 0.316 e. The van der Waals surface area contributed by atoms with Gasteiger partial charge in [-0.05, 0) is 30.7 Å². The zero-order valence-electron chi connectivity index (χ0n) is 14.0. The Morgan fingerprint density at radius 3 is 2.48 bits per heavy atom. The third-order valence-electron chi connectivity index (χ3n) is 4.75. The van der Waals surface area contributed by atoms with Crippen molar-refractivity contribution in [1.29, 1.82) is 0 Å². The topological polar surface area (TPSA) is 46.2 Å². The molecule has 2 heterocycles. The molecule has 1 aromatic heterocycles. The molecule has 1 aliphatic rings. The Labute approximate surface area is 162 Å². The molecule has 0 spiro atoms. The predicted molar refractivity (Wildman–Crippen MR) is 101 cm³/mol. The first-order valence-electron chi connectivity index (χ1n) is 8.03. The van der Waals surface area contributed by atoms with Crippen LogP contribution < -0.4 is 5.32 Å². The van der Waals surface area contributed by atoms with Crippen molar-refractivity contribution in [3.63, 3.8) is 0 Å². The number of nitrogens with one attached hydrogen (secondary N) is 1. The highest BCUT2D eigenvalue weighted by Gasteiger charge is 2.50. The van der Waals surface area contributed by atoms with Gasteiger partial charge < -0.3 is 5.32 Å². The summed E-state index contributed by atoms with van der Waals surface area (Å²) in [4.78, 5) is 26.2. The van der Waals surface area contributed by atoms with Gasteiger partial charge in [0.05, 0.1) is 5.56 Å². The van der Waals surface area contributed by atoms with Crippen LogP contribution in [0.15, 0.2) is 48.5 Å². The zero-order chi connectivity index (χ0) is 19.3. The van der Waals surface area contributed by atoms with Gasteiger partial charge in [-0.25, -0.2) is 8.78 Å². The lowest BCUT2D eigenvalue weighted by molar-refractivity contribution is -0.119. The number of rotatable bonds is 2. The van der Waals surface area contributed by atoms with E-state index < -0.39 is 28.7 Å². The minimum atomic E-state index is -1.76. The van der Waals surface area contributed by atoms with Gasteiger partial charge in [0.25, 0.3) is 0 Å². The van der Waals surface area contributed by atoms with Crippen LogP contribution in [0, 0.1) is 11.6 Å². The van der Waals surface area contributed by atoms with E-state index in [1.54, 1.807) is 12.1 Å². The summed E-state index contributed by atoms with van der Waals surface area (Å²) in [5, 5.41) is 2.95. The number of halogens is 3. The number of hydrogen-bond acceptors (Lipinski definition) is 3. The summed E-state index contributed by atoms with van der Waals surface area (Å²) < 4.78 is 28.4. The molecule has 3 aromatic rings. The molecule has 0 bridgehead atoms. The quantitative estimate of drug-likeness (QED) is 0.579. The van der Waals surface area contributed by atoms with E-state index in [0.29, 0.717) is 11.1 Å². The number of carbonyl (C=O) groups is 2. The van der Waals surface area contributed by atoms with Crippen LogP contribution in [0.25, 0.3) is 11.1 Å². The molecule has 27 heavy (non-hydrogen) atoms. The van der Waals surface area contributed by atoms with Crippen LogP contribution in [-0.2, 0) is 10.2 Å². The minimum absolute atomic E-state index is 0.0225. The van der Waals surface area contributed by atoms with Crippen LogP contribution in [0.4, 0.5) is 13.8 Å². The van der Waals surface area contributed by atoms with Gasteiger partial charge in [-0.1, -0.05) is 41.9 Å². The molecule has 4 rings (SSSR count). The number of benzene rings is 2. The molecule has 1 aliphatic heterocycles. The molecule has 0 radical (unpaired) electrons. The number of thiophene rings is 1. The molecule has 0 saturated heterocycles. The van der Waals surface area contributed by atoms with Crippen molar-refractivity contribution >= 4 is 39.6 Å². The Balaban J connectivity index is 1.96. The first-order chi connectivity index (χ1) is 12.8. The lowest BCUT2D eigenvalue weighted by atomic mass is 9.72. The maximum absolute atomic E-state index is 14.4. The number of anilines is 1. The molecule has 1 unspecified atom stereocenters. The van der Waals surface area contributed by atoms with Gasteiger partial charge in [-0.3, -0.25) is 9.59 Å². The van der Waals surface area contributed by atoms with Gasteiger partial charge in [-0.15, -0.1) is 11.3 Å². The molecule has 1 N–H and O–H groups in total. The third-order valence-corrected chi connectivity index (χ3v) is 6.07. The second-order valence-corrected chi connectivity index (χ2v) is 7.98. The van der Waals surface area contributed by atoms with Crippen molar-refractivity contribution in [2.75, 3.05) is 5.32 Å². The van der Waals surface area contributed by atoms with Gasteiger partial charge >= 0.3 is 0 Å². The second-order valence-electron chi connectivity index (χ2n) is 6.35. The van der Waals surface area contributed by atoms with Crippen molar-refractivity contribution in [1.82, 2.24) is 0 Å². The summed E-state index contributed by atoms with van der Waals surface area (Å²) in [5.41, 5.74) is -0.863. The van der Waals surface area contributed by atoms with Crippen LogP contribution >= 0.6 is 22.9 Å². The maximum Gasteiger partial charge on any atom is 0.243 e. The number of amides is 1. The molecule has 0 aliphatic carbocycles. The monoisotopic (exact) mass is 403 g/mol. The van der Waals surface area contributed by atoms with Crippen molar-refractivity contribution < 1.29 is 18.4 Å². The molecule has 1 atom stereocenters. The van der Waals surface area contributed by atoms with Crippen LogP contribution in [0.3, 0.4) is 0 Å². The van der Waals surface area contributed by atoms with Crippen LogP contribution in [0.1, 0.15) is 22.8 Å². The highest BCUT2D eigenvalue weighted by Crippen LogP contribution is 2.49. The Bertz CT molecular complexity index is 1110. The van der Waals surface area contributed by atoms with E-state index in [4.69, 9.17) is 11.6 Å². The molecular formula is C20H12ClF2NO2S. The van der Waals surface area contributed by atoms with Gasteiger partial charge in [0.15, 0.2) is 5.78 Å². The van der Waals surface area contributed by atoms with Crippen molar-refractivity contribution in [2.45, 2.75) is 12.3 Å². The Morgan fingerprint density at radius 1 is 1.04 bits per heavy atom. The average Bonchev–Trinajstić information content (AvgIpc) is 2.96. The maximum atomic E-state index is 14.4. The van der Waals surface area contributed by atoms with Crippen molar-refractivity contribution in [3.05, 3.63) is 75.6 Å². The first kappa shape index (κ1) is 17.8. The highest BCUT2D eigenvalue weighted by molar-refractivity contribution is 7.21. The molecule has 0 saturated carbocycles. The Morgan fingerprint density at radius 2 is 1.78 bits per heavy atom. The summed E-state index contributed by atoms with van der Waals surface area (Å²) in [6, 6.07) is 11.3. The lowest BCUT2D eigenvalue weighted by Gasteiger charge is -2.32. The predicted octanol–water partition coefficient (Wildman–Crippen LogP) is 5.44. The second kappa shape index (κ2) is 6.25. The Kier molecular flexibility index (Phi) is 4.13. The smallest absolute Gasteiger partial charge is 0.243 e. The normalized spacial score (nSPS) is 19.0. The number of fused-ring (bicyclic) bond motifs is 1. The number of Topliss-reactive ketones (excluding diaryl/α,β-unsaturated/α-hetero) is 1. The zero-order valence-corrected chi connectivity index (χ0v) is 15.5. The molecule has 3 nitrogen and oxygen atoms in total. The summed E-state index contributed by atoms with van der Waals surface area (Å²) in [7, 11) is 0. The van der Waals surface area contributed by atoms with Crippen LogP contribution in [0.5, 0.6) is 0 Å². The van der Waals surface area contributed by atoms with E-state index in [-0.39, 0.29) is 20.5 Å². The van der Waals surface area contributed by atoms with E-state index >= 15 is 0 Å². The molecule has 7 heteroatoms. The summed E-state index contributed by atoms with van der Waals surface area (Å²) in [6.07, 6.45) is 0. The van der Waals surface area contributed by atoms with E-state index in [1.807, 2.05) is 0 Å². The summed E-state index contributed by atoms with van der Waals surface area (Å²) in [6.45, 7) is 1.38. The fraction of sp³-hybridized carbons (Fsp3) is 0.100. The number of carbonyl (C=O) groups excluding carboxylic acids is 2. The SMILES string of the molecule is CC1(c2ccccc2F)C(=O)Nc2sc(Cl)c(-c3cccc(F)c3)c2C1=O. The molecule has 136 valence electrons. The average molecular weight is 404 g/mol. The molecule has 1 amide bonds. The minimum Gasteiger partial charge on any atom is -0.316 e. The first-order valence-corrected chi connectivity index (χ1v) is 9.23. The Hall–Kier alpha value is -2.57. The summed E-state index contributed by atoms with van der Waals surface area (Å²) in [5.74, 6) is -2.34. The fourth-order valence-corrected chi connectivity index (χ4v) is 4.68. The van der Waals surface area contributed by atoms with Crippen molar-refractivity contribution in [2.24, 2.45) is 0 Å². The van der Waals surface area contributed by atoms with Gasteiger partial charge in [0, 0.05) is 11.1 Å². The number of ketones is 1. The van der Waals surface area contributed by atoms with Crippen LogP contribution in [-0.4, -0.2) is 11.7 Å². The summed E-state index contributed by atoms with van der Waals surface area (Å²) >= 11 is 7.35. The van der Waals surface area contributed by atoms with Crippen molar-refractivity contribution in [3.8, 4) is 11.1 Å².